The number of carbonyl (C=O) groups is 5. The van der Waals surface area contributed by atoms with Gasteiger partial charge in [-0.2, -0.15) is 0 Å². The summed E-state index contributed by atoms with van der Waals surface area (Å²) in [5, 5.41) is 4.44. The van der Waals surface area contributed by atoms with Gasteiger partial charge in [-0.05, 0) is 26.7 Å². The lowest BCUT2D eigenvalue weighted by Crippen LogP contribution is -2.44. The molecule has 5 amide bonds. The fraction of sp³-hybridized carbons (Fsp3) is 0.562. The molecule has 2 rings (SSSR count). The molecule has 1 aliphatic heterocycles. The number of hydrogen-bond acceptors (Lipinski definition) is 6. The molecule has 0 aromatic heterocycles. The van der Waals surface area contributed by atoms with E-state index < -0.39 is 54.7 Å². The number of carbonyl (C=O) groups excluding carboxylic acids is 5. The van der Waals surface area contributed by atoms with E-state index in [1.807, 2.05) is 17.5 Å². The van der Waals surface area contributed by atoms with Crippen molar-refractivity contribution in [2.75, 3.05) is 13.2 Å². The predicted octanol–water partition coefficient (Wildman–Crippen LogP) is -0.285. The van der Waals surface area contributed by atoms with Crippen LogP contribution in [0.2, 0.25) is 0 Å². The zero-order chi connectivity index (χ0) is 18.6. The van der Waals surface area contributed by atoms with Crippen molar-refractivity contribution in [1.82, 2.24) is 15.5 Å². The second-order valence-corrected chi connectivity index (χ2v) is 6.26. The minimum Gasteiger partial charge on any atom is -0.454 e. The molecule has 0 saturated carbocycles. The van der Waals surface area contributed by atoms with Gasteiger partial charge in [0.2, 0.25) is 11.8 Å². The van der Waals surface area contributed by atoms with Crippen LogP contribution in [0.25, 0.3) is 0 Å². The highest BCUT2D eigenvalue weighted by Crippen LogP contribution is 2.34. The van der Waals surface area contributed by atoms with Gasteiger partial charge >= 0.3 is 12.0 Å². The van der Waals surface area contributed by atoms with Gasteiger partial charge in [0.15, 0.2) is 6.61 Å². The van der Waals surface area contributed by atoms with Crippen LogP contribution in [0.1, 0.15) is 26.7 Å². The first-order valence-corrected chi connectivity index (χ1v) is 8.05. The summed E-state index contributed by atoms with van der Waals surface area (Å²) in [6.07, 6.45) is 4.66. The van der Waals surface area contributed by atoms with Crippen LogP contribution in [-0.4, -0.2) is 53.8 Å². The normalized spacial score (nSPS) is 22.0. The Morgan fingerprint density at radius 3 is 2.24 bits per heavy atom. The number of likely N-dealkylation sites (tertiary alicyclic amines) is 1. The Morgan fingerprint density at radius 2 is 1.72 bits per heavy atom. The third-order valence-electron chi connectivity index (χ3n) is 3.92. The molecule has 0 unspecified atom stereocenters. The molecule has 1 fully saturated rings. The van der Waals surface area contributed by atoms with E-state index in [0.717, 1.165) is 4.90 Å². The summed E-state index contributed by atoms with van der Waals surface area (Å²) in [5.74, 6) is -3.31. The Bertz CT molecular complexity index is 601. The van der Waals surface area contributed by atoms with E-state index in [0.29, 0.717) is 12.8 Å². The van der Waals surface area contributed by atoms with Gasteiger partial charge in [0.05, 0.1) is 11.8 Å². The largest absolute Gasteiger partial charge is 0.454 e. The minimum atomic E-state index is -0.882. The number of nitrogens with zero attached hydrogens (tertiary/aromatic N) is 1. The molecule has 0 aromatic carbocycles. The van der Waals surface area contributed by atoms with Crippen LogP contribution in [0.5, 0.6) is 0 Å². The van der Waals surface area contributed by atoms with Crippen molar-refractivity contribution in [1.29, 1.82) is 0 Å². The van der Waals surface area contributed by atoms with Gasteiger partial charge in [-0.3, -0.25) is 29.4 Å². The predicted molar refractivity (Wildman–Crippen MR) is 84.8 cm³/mol. The highest BCUT2D eigenvalue weighted by Gasteiger charge is 2.47. The number of urea groups is 1. The van der Waals surface area contributed by atoms with Gasteiger partial charge in [-0.25, -0.2) is 4.79 Å². The lowest BCUT2D eigenvalue weighted by molar-refractivity contribution is -0.154. The molecule has 9 heteroatoms. The number of allylic oxidation sites excluding steroid dienone is 2. The molecule has 9 nitrogen and oxygen atoms in total. The van der Waals surface area contributed by atoms with E-state index in [4.69, 9.17) is 4.74 Å². The van der Waals surface area contributed by atoms with Gasteiger partial charge in [0.25, 0.3) is 5.91 Å². The number of amides is 5. The fourth-order valence-electron chi connectivity index (χ4n) is 2.81. The van der Waals surface area contributed by atoms with E-state index in [9.17, 15) is 24.0 Å². The second kappa shape index (κ2) is 7.91. The Hall–Kier alpha value is -2.71. The molecule has 2 atom stereocenters. The molecule has 136 valence electrons. The van der Waals surface area contributed by atoms with Crippen LogP contribution >= 0.6 is 0 Å². The quantitative estimate of drug-likeness (QED) is 0.399. The number of ether oxygens (including phenoxy) is 1. The summed E-state index contributed by atoms with van der Waals surface area (Å²) in [5.41, 5.74) is 0. The average Bonchev–Trinajstić information content (AvgIpc) is 2.77. The molecular formula is C16H21N3O6. The summed E-state index contributed by atoms with van der Waals surface area (Å²) < 4.78 is 4.73. The maximum absolute atomic E-state index is 12.2. The Balaban J connectivity index is 1.79. The summed E-state index contributed by atoms with van der Waals surface area (Å²) in [6.45, 7) is 2.24. The fourth-order valence-corrected chi connectivity index (χ4v) is 2.81. The maximum Gasteiger partial charge on any atom is 0.326 e. The van der Waals surface area contributed by atoms with E-state index in [-0.39, 0.29) is 6.04 Å². The Kier molecular flexibility index (Phi) is 5.89. The van der Waals surface area contributed by atoms with Crippen LogP contribution in [-0.2, 0) is 23.9 Å². The summed E-state index contributed by atoms with van der Waals surface area (Å²) in [7, 11) is 0. The molecule has 0 aromatic rings. The minimum absolute atomic E-state index is 0.152. The maximum atomic E-state index is 12.2. The van der Waals surface area contributed by atoms with Gasteiger partial charge in [-0.15, -0.1) is 0 Å². The van der Waals surface area contributed by atoms with Crippen LogP contribution in [0, 0.1) is 11.8 Å². The van der Waals surface area contributed by atoms with Crippen molar-refractivity contribution in [2.24, 2.45) is 11.8 Å². The lowest BCUT2D eigenvalue weighted by Gasteiger charge is -2.14. The van der Waals surface area contributed by atoms with Crippen molar-refractivity contribution >= 4 is 29.7 Å². The van der Waals surface area contributed by atoms with Crippen molar-refractivity contribution in [2.45, 2.75) is 32.7 Å². The van der Waals surface area contributed by atoms with Gasteiger partial charge in [0.1, 0.15) is 6.54 Å². The first-order valence-electron chi connectivity index (χ1n) is 8.05. The highest BCUT2D eigenvalue weighted by atomic mass is 16.5. The molecule has 2 aliphatic rings. The number of esters is 1. The van der Waals surface area contributed by atoms with Crippen LogP contribution in [0.3, 0.4) is 0 Å². The average molecular weight is 351 g/mol. The monoisotopic (exact) mass is 351 g/mol. The van der Waals surface area contributed by atoms with Crippen molar-refractivity contribution in [3.05, 3.63) is 12.2 Å². The van der Waals surface area contributed by atoms with Crippen molar-refractivity contribution in [3.63, 3.8) is 0 Å². The smallest absolute Gasteiger partial charge is 0.326 e. The number of rotatable bonds is 5. The van der Waals surface area contributed by atoms with Crippen molar-refractivity contribution in [3.8, 4) is 0 Å². The number of fused-ring (bicyclic) bond motifs is 1. The molecule has 25 heavy (non-hydrogen) atoms. The van der Waals surface area contributed by atoms with Crippen LogP contribution in [0.15, 0.2) is 12.2 Å². The van der Waals surface area contributed by atoms with E-state index >= 15 is 0 Å². The van der Waals surface area contributed by atoms with Gasteiger partial charge < -0.3 is 10.1 Å². The zero-order valence-electron chi connectivity index (χ0n) is 14.1. The van der Waals surface area contributed by atoms with E-state index in [2.05, 4.69) is 5.32 Å². The summed E-state index contributed by atoms with van der Waals surface area (Å²) in [6, 6.07) is -0.849. The second-order valence-electron chi connectivity index (χ2n) is 6.26. The lowest BCUT2D eigenvalue weighted by atomic mass is 9.85. The first-order chi connectivity index (χ1) is 11.8. The van der Waals surface area contributed by atoms with Gasteiger partial charge in [0, 0.05) is 6.04 Å². The Morgan fingerprint density at radius 1 is 1.16 bits per heavy atom. The van der Waals surface area contributed by atoms with E-state index in [1.54, 1.807) is 13.8 Å². The number of hydrogen-bond donors (Lipinski definition) is 2. The molecule has 0 spiro atoms. The standard InChI is InChI=1S/C16H21N3O6/c1-9(2)17-16(24)18-12(20)8-25-13(21)7-19-14(22)10-5-3-4-6-11(10)15(19)23/h3-4,9-11H,5-8H2,1-2H3,(H2,17,18,20,24)/t10-,11+. The Labute approximate surface area is 144 Å². The topological polar surface area (TPSA) is 122 Å². The number of nitrogens with one attached hydrogen (secondary N) is 2. The molecule has 0 radical (unpaired) electrons. The molecule has 0 bridgehead atoms. The zero-order valence-corrected chi connectivity index (χ0v) is 14.1. The SMILES string of the molecule is CC(C)NC(=O)NC(=O)COC(=O)CN1C(=O)[C@H]2CC=CC[C@H]2C1=O. The van der Waals surface area contributed by atoms with Crippen LogP contribution < -0.4 is 10.6 Å². The third-order valence-corrected chi connectivity index (χ3v) is 3.92. The molecule has 1 aliphatic carbocycles. The van der Waals surface area contributed by atoms with Crippen LogP contribution in [0.4, 0.5) is 4.79 Å². The number of imide groups is 2. The van der Waals surface area contributed by atoms with Crippen molar-refractivity contribution < 1.29 is 28.7 Å². The molecular weight excluding hydrogens is 330 g/mol. The summed E-state index contributed by atoms with van der Waals surface area (Å²) in [4.78, 5) is 59.9. The molecule has 1 heterocycles. The van der Waals surface area contributed by atoms with E-state index in [1.165, 1.54) is 0 Å². The summed E-state index contributed by atoms with van der Waals surface area (Å²) >= 11 is 0. The molecule has 2 N–H and O–H groups in total. The first kappa shape index (κ1) is 18.6. The van der Waals surface area contributed by atoms with Gasteiger partial charge in [-0.1, -0.05) is 12.2 Å². The molecule has 1 saturated heterocycles. The third kappa shape index (κ3) is 4.65. The highest BCUT2D eigenvalue weighted by molar-refractivity contribution is 6.07.